The number of alkyl halides is 1. The average molecular weight is 409 g/mol. The number of piperidine rings is 1. The number of hydrogen-bond acceptors (Lipinski definition) is 6. The lowest BCUT2D eigenvalue weighted by molar-refractivity contribution is -0.0596. The summed E-state index contributed by atoms with van der Waals surface area (Å²) in [5, 5.41) is 18.8. The van der Waals surface area contributed by atoms with Gasteiger partial charge in [0.25, 0.3) is 0 Å². The van der Waals surface area contributed by atoms with Crippen LogP contribution in [0.3, 0.4) is 0 Å². The Balaban J connectivity index is 1.33. The fourth-order valence-corrected chi connectivity index (χ4v) is 4.74. The first-order chi connectivity index (χ1) is 14.5. The van der Waals surface area contributed by atoms with Gasteiger partial charge in [0, 0.05) is 42.6 Å². The largest absolute Gasteiger partial charge is 0.507 e. The van der Waals surface area contributed by atoms with Gasteiger partial charge in [0.05, 0.1) is 23.2 Å². The first-order valence-corrected chi connectivity index (χ1v) is 10.1. The molecule has 2 saturated heterocycles. The standard InChI is InChI=1S/C22H24FN5O2/c1-22-8-7-14(27(22)2)12-19(21(22)23)30-20-6-5-17(25-26-20)16-4-3-15(11-18(16)29)28-10-9-24-13-28/h3-6,9-11,13-14,19,21,29H,7-8,12H2,1-2H3/t14-,19-,21+,22+/m0/s1. The maximum atomic E-state index is 15.2. The maximum absolute atomic E-state index is 15.2. The molecule has 5 rings (SSSR count). The summed E-state index contributed by atoms with van der Waals surface area (Å²) in [4.78, 5) is 6.16. The third kappa shape index (κ3) is 3.02. The van der Waals surface area contributed by atoms with Gasteiger partial charge in [-0.25, -0.2) is 9.37 Å². The highest BCUT2D eigenvalue weighted by Crippen LogP contribution is 2.45. The molecule has 156 valence electrons. The molecule has 0 amide bonds. The molecule has 4 heterocycles. The quantitative estimate of drug-likeness (QED) is 0.712. The fraction of sp³-hybridized carbons (Fsp3) is 0.409. The lowest BCUT2D eigenvalue weighted by Crippen LogP contribution is -2.60. The summed E-state index contributed by atoms with van der Waals surface area (Å²) in [6, 6.07) is 9.04. The highest BCUT2D eigenvalue weighted by molar-refractivity contribution is 5.68. The molecule has 0 saturated carbocycles. The molecular formula is C22H24FN5O2. The van der Waals surface area contributed by atoms with Gasteiger partial charge in [-0.2, -0.15) is 0 Å². The Morgan fingerprint density at radius 2 is 2.10 bits per heavy atom. The van der Waals surface area contributed by atoms with E-state index in [9.17, 15) is 5.11 Å². The highest BCUT2D eigenvalue weighted by atomic mass is 19.1. The van der Waals surface area contributed by atoms with Gasteiger partial charge < -0.3 is 14.4 Å². The van der Waals surface area contributed by atoms with E-state index < -0.39 is 17.8 Å². The Morgan fingerprint density at radius 3 is 2.80 bits per heavy atom. The summed E-state index contributed by atoms with van der Waals surface area (Å²) in [5.74, 6) is 0.390. The third-order valence-electron chi connectivity index (χ3n) is 6.73. The zero-order valence-corrected chi connectivity index (χ0v) is 16.9. The van der Waals surface area contributed by atoms with Crippen LogP contribution in [0.25, 0.3) is 16.9 Å². The SMILES string of the molecule is CN1[C@H]2CC[C@]1(C)[C@H](F)[C@@H](Oc1ccc(-c3ccc(-n4ccnc4)cc3O)nn1)C2. The average Bonchev–Trinajstić information content (AvgIpc) is 3.35. The van der Waals surface area contributed by atoms with Crippen molar-refractivity contribution in [1.82, 2.24) is 24.6 Å². The molecule has 2 fully saturated rings. The van der Waals surface area contributed by atoms with Crippen LogP contribution >= 0.6 is 0 Å². The minimum Gasteiger partial charge on any atom is -0.507 e. The Morgan fingerprint density at radius 1 is 1.23 bits per heavy atom. The molecule has 2 aliphatic heterocycles. The van der Waals surface area contributed by atoms with E-state index in [2.05, 4.69) is 20.1 Å². The van der Waals surface area contributed by atoms with Crippen LogP contribution in [0.5, 0.6) is 11.6 Å². The number of fused-ring (bicyclic) bond motifs is 2. The number of aromatic nitrogens is 4. The highest BCUT2D eigenvalue weighted by Gasteiger charge is 2.55. The van der Waals surface area contributed by atoms with Crippen LogP contribution < -0.4 is 4.74 Å². The van der Waals surface area contributed by atoms with Crippen molar-refractivity contribution in [1.29, 1.82) is 0 Å². The molecule has 1 N–H and O–H groups in total. The molecule has 7 nitrogen and oxygen atoms in total. The van der Waals surface area contributed by atoms with Gasteiger partial charge in [-0.3, -0.25) is 4.90 Å². The van der Waals surface area contributed by atoms with Crippen LogP contribution in [0.4, 0.5) is 4.39 Å². The second kappa shape index (κ2) is 7.05. The molecule has 2 aliphatic rings. The molecular weight excluding hydrogens is 385 g/mol. The second-order valence-electron chi connectivity index (χ2n) is 8.38. The van der Waals surface area contributed by atoms with Crippen LogP contribution in [-0.2, 0) is 0 Å². The van der Waals surface area contributed by atoms with Crippen LogP contribution in [0.15, 0.2) is 49.1 Å². The monoisotopic (exact) mass is 409 g/mol. The molecule has 0 radical (unpaired) electrons. The van der Waals surface area contributed by atoms with Crippen molar-refractivity contribution in [3.8, 4) is 28.6 Å². The number of aromatic hydroxyl groups is 1. The van der Waals surface area contributed by atoms with Crippen molar-refractivity contribution in [2.45, 2.75) is 50.0 Å². The molecule has 2 bridgehead atoms. The number of imidazole rings is 1. The smallest absolute Gasteiger partial charge is 0.233 e. The fourth-order valence-electron chi connectivity index (χ4n) is 4.74. The Bertz CT molecular complexity index is 1040. The number of halogens is 1. The molecule has 3 aromatic rings. The van der Waals surface area contributed by atoms with Crippen molar-refractivity contribution in [3.63, 3.8) is 0 Å². The van der Waals surface area contributed by atoms with Crippen molar-refractivity contribution < 1.29 is 14.2 Å². The summed E-state index contributed by atoms with van der Waals surface area (Å²) in [6.45, 7) is 1.97. The number of rotatable bonds is 4. The Labute approximate surface area is 174 Å². The van der Waals surface area contributed by atoms with Gasteiger partial charge in [0.1, 0.15) is 11.9 Å². The van der Waals surface area contributed by atoms with Crippen LogP contribution in [0.2, 0.25) is 0 Å². The van der Waals surface area contributed by atoms with Gasteiger partial charge in [-0.05, 0) is 45.0 Å². The van der Waals surface area contributed by atoms with Crippen molar-refractivity contribution in [2.75, 3.05) is 7.05 Å². The number of hydrogen-bond donors (Lipinski definition) is 1. The number of phenolic OH excluding ortho intramolecular Hbond substituents is 1. The van der Waals surface area contributed by atoms with Gasteiger partial charge in [0.2, 0.25) is 5.88 Å². The number of ether oxygens (including phenoxy) is 1. The van der Waals surface area contributed by atoms with Crippen LogP contribution in [0.1, 0.15) is 26.2 Å². The van der Waals surface area contributed by atoms with Crippen molar-refractivity contribution >= 4 is 0 Å². The summed E-state index contributed by atoms with van der Waals surface area (Å²) in [5.41, 5.74) is 1.39. The van der Waals surface area contributed by atoms with Gasteiger partial charge in [-0.1, -0.05) is 0 Å². The lowest BCUT2D eigenvalue weighted by atomic mass is 9.87. The maximum Gasteiger partial charge on any atom is 0.233 e. The molecule has 0 spiro atoms. The predicted octanol–water partition coefficient (Wildman–Crippen LogP) is 3.38. The van der Waals surface area contributed by atoms with E-state index in [1.165, 1.54) is 0 Å². The van der Waals surface area contributed by atoms with Gasteiger partial charge >= 0.3 is 0 Å². The van der Waals surface area contributed by atoms with Crippen LogP contribution in [0, 0.1) is 0 Å². The Hall–Kier alpha value is -3.00. The van der Waals surface area contributed by atoms with E-state index in [-0.39, 0.29) is 5.75 Å². The summed E-state index contributed by atoms with van der Waals surface area (Å²) in [6.07, 6.45) is 6.01. The topological polar surface area (TPSA) is 76.3 Å². The van der Waals surface area contributed by atoms with E-state index in [0.29, 0.717) is 29.6 Å². The zero-order chi connectivity index (χ0) is 20.9. The second-order valence-corrected chi connectivity index (χ2v) is 8.38. The minimum absolute atomic E-state index is 0.0906. The molecule has 0 unspecified atom stereocenters. The van der Waals surface area contributed by atoms with E-state index in [1.807, 2.05) is 20.0 Å². The van der Waals surface area contributed by atoms with Gasteiger partial charge in [0.15, 0.2) is 6.17 Å². The van der Waals surface area contributed by atoms with E-state index in [4.69, 9.17) is 4.74 Å². The number of phenols is 1. The van der Waals surface area contributed by atoms with E-state index in [0.717, 1.165) is 18.5 Å². The molecule has 0 aliphatic carbocycles. The van der Waals surface area contributed by atoms with E-state index in [1.54, 1.807) is 47.6 Å². The first-order valence-electron chi connectivity index (χ1n) is 10.1. The van der Waals surface area contributed by atoms with Crippen molar-refractivity contribution in [3.05, 3.63) is 49.1 Å². The molecule has 30 heavy (non-hydrogen) atoms. The molecule has 4 atom stereocenters. The molecule has 2 aromatic heterocycles. The predicted molar refractivity (Wildman–Crippen MR) is 109 cm³/mol. The normalized spacial score (nSPS) is 28.6. The molecule has 1 aromatic carbocycles. The van der Waals surface area contributed by atoms with Crippen LogP contribution in [-0.4, -0.2) is 60.7 Å². The third-order valence-corrected chi connectivity index (χ3v) is 6.73. The first kappa shape index (κ1) is 19.0. The van der Waals surface area contributed by atoms with E-state index >= 15 is 4.39 Å². The lowest BCUT2D eigenvalue weighted by Gasteiger charge is -2.45. The molecule has 8 heteroatoms. The number of benzene rings is 1. The van der Waals surface area contributed by atoms with Gasteiger partial charge in [-0.15, -0.1) is 10.2 Å². The summed E-state index contributed by atoms with van der Waals surface area (Å²) < 4.78 is 22.9. The van der Waals surface area contributed by atoms with Crippen molar-refractivity contribution in [2.24, 2.45) is 0 Å². The zero-order valence-electron chi connectivity index (χ0n) is 16.9. The Kier molecular flexibility index (Phi) is 4.47. The summed E-state index contributed by atoms with van der Waals surface area (Å²) >= 11 is 0. The number of nitrogens with zero attached hydrogens (tertiary/aromatic N) is 5. The minimum atomic E-state index is -1.08. The summed E-state index contributed by atoms with van der Waals surface area (Å²) in [7, 11) is 2.00.